The van der Waals surface area contributed by atoms with Crippen LogP contribution in [0.4, 0.5) is 27.9 Å². The van der Waals surface area contributed by atoms with Crippen LogP contribution in [0.15, 0.2) is 132 Å². The third kappa shape index (κ3) is 5.57. The molecule has 6 rings (SSSR count). The summed E-state index contributed by atoms with van der Waals surface area (Å²) in [5, 5.41) is 27.4. The average molecular weight is 549 g/mol. The third-order valence-electron chi connectivity index (χ3n) is 6.52. The number of rotatable bonds is 7. The summed E-state index contributed by atoms with van der Waals surface area (Å²) in [4.78, 5) is 12.9. The summed E-state index contributed by atoms with van der Waals surface area (Å²) >= 11 is 0. The molecule has 0 aliphatic heterocycles. The van der Waals surface area contributed by atoms with E-state index in [0.717, 1.165) is 16.7 Å². The van der Waals surface area contributed by atoms with Gasteiger partial charge in [0.05, 0.1) is 17.1 Å². The highest BCUT2D eigenvalue weighted by Gasteiger charge is 2.23. The molecule has 42 heavy (non-hydrogen) atoms. The van der Waals surface area contributed by atoms with E-state index >= 15 is 0 Å². The second-order valence-corrected chi connectivity index (χ2v) is 9.27. The number of hydrogen-bond acceptors (Lipinski definition) is 6. The van der Waals surface area contributed by atoms with Gasteiger partial charge in [0.25, 0.3) is 0 Å². The largest absolute Gasteiger partial charge is 0.438 e. The molecule has 8 heteroatoms. The molecule has 0 unspecified atom stereocenters. The minimum Gasteiger partial charge on any atom is -0.438 e. The lowest BCUT2D eigenvalue weighted by molar-refractivity contribution is 0.262. The van der Waals surface area contributed by atoms with Crippen molar-refractivity contribution in [1.82, 2.24) is 10.2 Å². The van der Waals surface area contributed by atoms with Gasteiger partial charge in [0.1, 0.15) is 17.4 Å². The molecule has 0 spiro atoms. The summed E-state index contributed by atoms with van der Waals surface area (Å²) in [5.41, 5.74) is 5.39. The van der Waals surface area contributed by atoms with Gasteiger partial charge in [0.15, 0.2) is 5.82 Å². The average Bonchev–Trinajstić information content (AvgIpc) is 3.41. The van der Waals surface area contributed by atoms with Crippen LogP contribution in [0.3, 0.4) is 0 Å². The monoisotopic (exact) mass is 548 g/mol. The highest BCUT2D eigenvalue weighted by atomic mass is 16.4. The Hall–Kier alpha value is -6.20. The van der Waals surface area contributed by atoms with Gasteiger partial charge in [-0.3, -0.25) is 5.32 Å². The first kappa shape index (κ1) is 26.0. The molecule has 0 atom stereocenters. The molecule has 0 fully saturated rings. The Kier molecular flexibility index (Phi) is 7.38. The van der Waals surface area contributed by atoms with Gasteiger partial charge in [-0.15, -0.1) is 10.2 Å². The minimum atomic E-state index is -0.499. The van der Waals surface area contributed by atoms with E-state index in [9.17, 15) is 10.1 Å². The van der Waals surface area contributed by atoms with Crippen LogP contribution < -0.4 is 16.0 Å². The van der Waals surface area contributed by atoms with Gasteiger partial charge in [-0.05, 0) is 29.8 Å². The number of amides is 2. The summed E-state index contributed by atoms with van der Waals surface area (Å²) in [5.74, 6) is 1.14. The van der Waals surface area contributed by atoms with Gasteiger partial charge in [0.2, 0.25) is 5.88 Å². The molecule has 0 saturated carbocycles. The van der Waals surface area contributed by atoms with E-state index in [2.05, 4.69) is 32.2 Å². The van der Waals surface area contributed by atoms with Crippen molar-refractivity contribution in [1.29, 1.82) is 5.26 Å². The van der Waals surface area contributed by atoms with E-state index in [1.54, 1.807) is 30.3 Å². The Morgan fingerprint density at radius 2 is 1.24 bits per heavy atom. The van der Waals surface area contributed by atoms with Crippen LogP contribution in [-0.2, 0) is 0 Å². The molecule has 0 bridgehead atoms. The molecule has 4 aromatic carbocycles. The topological polar surface area (TPSA) is 116 Å². The van der Waals surface area contributed by atoms with E-state index < -0.39 is 6.03 Å². The van der Waals surface area contributed by atoms with Crippen molar-refractivity contribution in [2.75, 3.05) is 16.0 Å². The van der Waals surface area contributed by atoms with Gasteiger partial charge < -0.3 is 15.1 Å². The number of hydrogen-bond donors (Lipinski definition) is 3. The maximum Gasteiger partial charge on any atom is 0.324 e. The van der Waals surface area contributed by atoms with Crippen LogP contribution in [0.25, 0.3) is 33.7 Å². The van der Waals surface area contributed by atoms with Gasteiger partial charge in [-0.1, -0.05) is 103 Å². The molecule has 0 radical (unpaired) electrons. The molecule has 0 saturated heterocycles. The summed E-state index contributed by atoms with van der Waals surface area (Å²) in [7, 11) is 0. The number of nitriles is 1. The molecule has 2 amide bonds. The van der Waals surface area contributed by atoms with Crippen LogP contribution in [0.2, 0.25) is 0 Å². The fraction of sp³-hybridized carbons (Fsp3) is 0. The second kappa shape index (κ2) is 11.9. The zero-order chi connectivity index (χ0) is 28.7. The molecule has 202 valence electrons. The van der Waals surface area contributed by atoms with Crippen LogP contribution >= 0.6 is 0 Å². The first-order chi connectivity index (χ1) is 20.7. The van der Waals surface area contributed by atoms with Gasteiger partial charge in [-0.25, -0.2) is 4.79 Å². The fourth-order valence-electron chi connectivity index (χ4n) is 4.55. The number of para-hydroxylation sites is 2. The molecule has 0 aliphatic rings. The Balaban J connectivity index is 1.26. The van der Waals surface area contributed by atoms with Crippen molar-refractivity contribution in [3.8, 4) is 39.8 Å². The zero-order valence-electron chi connectivity index (χ0n) is 22.3. The molecule has 3 N–H and O–H groups in total. The van der Waals surface area contributed by atoms with Crippen molar-refractivity contribution < 1.29 is 9.21 Å². The zero-order valence-corrected chi connectivity index (χ0v) is 22.3. The van der Waals surface area contributed by atoms with E-state index in [-0.39, 0.29) is 5.88 Å². The van der Waals surface area contributed by atoms with Gasteiger partial charge in [0, 0.05) is 16.7 Å². The summed E-state index contributed by atoms with van der Waals surface area (Å²) in [6.45, 7) is 0. The van der Waals surface area contributed by atoms with Crippen molar-refractivity contribution in [2.45, 2.75) is 0 Å². The molecular weight excluding hydrogens is 524 g/mol. The van der Waals surface area contributed by atoms with Crippen LogP contribution in [0.1, 0.15) is 5.56 Å². The number of anilines is 4. The highest BCUT2D eigenvalue weighted by molar-refractivity contribution is 6.01. The molecule has 2 aromatic heterocycles. The fourth-order valence-corrected chi connectivity index (χ4v) is 4.55. The number of aromatic nitrogens is 2. The number of nitrogens with zero attached hydrogens (tertiary/aromatic N) is 3. The SMILES string of the molecule is N#Cc1c(Nc2ccccc2NC(=O)Nc2ccc(-c3ccccc3)nn2)oc(-c2ccccc2)c1-c1ccccc1. The Bertz CT molecular complexity index is 1860. The molecular formula is C34H24N6O2. The maximum atomic E-state index is 12.9. The molecule has 8 nitrogen and oxygen atoms in total. The summed E-state index contributed by atoms with van der Waals surface area (Å²) in [6, 6.07) is 41.4. The van der Waals surface area contributed by atoms with E-state index in [0.29, 0.717) is 39.8 Å². The lowest BCUT2D eigenvalue weighted by Gasteiger charge is -2.12. The normalized spacial score (nSPS) is 10.5. The third-order valence-corrected chi connectivity index (χ3v) is 6.52. The lowest BCUT2D eigenvalue weighted by Crippen LogP contribution is -2.21. The predicted molar refractivity (Wildman–Crippen MR) is 164 cm³/mol. The van der Waals surface area contributed by atoms with Crippen molar-refractivity contribution >= 4 is 29.1 Å². The van der Waals surface area contributed by atoms with Crippen LogP contribution in [0.5, 0.6) is 0 Å². The number of carbonyl (C=O) groups is 1. The van der Waals surface area contributed by atoms with Crippen molar-refractivity contribution in [3.63, 3.8) is 0 Å². The number of carbonyl (C=O) groups excluding carboxylic acids is 1. The van der Waals surface area contributed by atoms with E-state index in [1.165, 1.54) is 0 Å². The predicted octanol–water partition coefficient (Wildman–Crippen LogP) is 8.33. The van der Waals surface area contributed by atoms with E-state index in [1.807, 2.05) is 97.1 Å². The Morgan fingerprint density at radius 3 is 1.86 bits per heavy atom. The Labute approximate surface area is 242 Å². The quantitative estimate of drug-likeness (QED) is 0.185. The number of urea groups is 1. The standard InChI is InChI=1S/C34H24N6O2/c35-22-26-31(24-14-6-2-7-15-24)32(25-16-8-3-9-17-25)42-33(26)36-28-18-10-11-19-29(28)37-34(41)38-30-21-20-27(39-40-30)23-12-4-1-5-13-23/h1-21,36H,(H2,37,38,40,41). The Morgan fingerprint density at radius 1 is 0.643 bits per heavy atom. The van der Waals surface area contributed by atoms with E-state index in [4.69, 9.17) is 4.42 Å². The number of benzene rings is 4. The van der Waals surface area contributed by atoms with Crippen LogP contribution in [0, 0.1) is 11.3 Å². The van der Waals surface area contributed by atoms with Crippen LogP contribution in [-0.4, -0.2) is 16.2 Å². The lowest BCUT2D eigenvalue weighted by atomic mass is 9.98. The maximum absolute atomic E-state index is 12.9. The molecule has 0 aliphatic carbocycles. The molecule has 6 aromatic rings. The summed E-state index contributed by atoms with van der Waals surface area (Å²) < 4.78 is 6.30. The first-order valence-electron chi connectivity index (χ1n) is 13.2. The number of furan rings is 1. The van der Waals surface area contributed by atoms with Crippen molar-refractivity contribution in [3.05, 3.63) is 133 Å². The molecule has 2 heterocycles. The highest BCUT2D eigenvalue weighted by Crippen LogP contribution is 2.42. The van der Waals surface area contributed by atoms with Gasteiger partial charge >= 0.3 is 6.03 Å². The minimum absolute atomic E-state index is 0.271. The van der Waals surface area contributed by atoms with Gasteiger partial charge in [-0.2, -0.15) is 5.26 Å². The summed E-state index contributed by atoms with van der Waals surface area (Å²) in [6.07, 6.45) is 0. The smallest absolute Gasteiger partial charge is 0.324 e. The first-order valence-corrected chi connectivity index (χ1v) is 13.2. The number of nitrogens with one attached hydrogen (secondary N) is 3. The van der Waals surface area contributed by atoms with Crippen molar-refractivity contribution in [2.24, 2.45) is 0 Å². The second-order valence-electron chi connectivity index (χ2n) is 9.27.